The Morgan fingerprint density at radius 2 is 1.62 bits per heavy atom. The first-order valence-corrected chi connectivity index (χ1v) is 10.2. The highest BCUT2D eigenvalue weighted by atomic mass is 16.2. The van der Waals surface area contributed by atoms with Crippen LogP contribution in [-0.2, 0) is 9.59 Å². The number of para-hydroxylation sites is 3. The molecule has 0 radical (unpaired) electrons. The van der Waals surface area contributed by atoms with Gasteiger partial charge in [-0.05, 0) is 30.7 Å². The van der Waals surface area contributed by atoms with Crippen LogP contribution in [0.25, 0.3) is 0 Å². The number of nitrogens with two attached hydrogens (primary N) is 1. The van der Waals surface area contributed by atoms with Crippen molar-refractivity contribution in [1.82, 2.24) is 0 Å². The topological polar surface area (TPSA) is 79.0 Å². The number of anilines is 3. The van der Waals surface area contributed by atoms with E-state index in [1.807, 2.05) is 54.6 Å². The predicted molar refractivity (Wildman–Crippen MR) is 118 cm³/mol. The maximum absolute atomic E-state index is 13.1. The molecule has 0 spiro atoms. The number of unbranched alkanes of at least 4 members (excludes halogenated alkanes) is 3. The molecule has 2 aromatic carbocycles. The highest BCUT2D eigenvalue weighted by Gasteiger charge is 2.38. The summed E-state index contributed by atoms with van der Waals surface area (Å²) in [5, 5.41) is 0. The van der Waals surface area contributed by atoms with Crippen molar-refractivity contribution < 1.29 is 9.59 Å². The van der Waals surface area contributed by atoms with E-state index in [0.717, 1.165) is 19.4 Å². The van der Waals surface area contributed by atoms with E-state index in [9.17, 15) is 9.59 Å². The van der Waals surface area contributed by atoms with Crippen molar-refractivity contribution >= 4 is 35.1 Å². The number of carbonyl (C=O) groups is 2. The lowest BCUT2D eigenvalue weighted by Crippen LogP contribution is -2.50. The van der Waals surface area contributed by atoms with E-state index >= 15 is 0 Å². The largest absolute Gasteiger partial charge is 0.312 e. The summed E-state index contributed by atoms with van der Waals surface area (Å²) in [6.07, 6.45) is 6.34. The Balaban J connectivity index is 1.88. The molecule has 0 aromatic heterocycles. The van der Waals surface area contributed by atoms with Gasteiger partial charge < -0.3 is 10.6 Å². The van der Waals surface area contributed by atoms with Crippen LogP contribution in [0.1, 0.15) is 32.6 Å². The van der Waals surface area contributed by atoms with Gasteiger partial charge in [0.1, 0.15) is 0 Å². The summed E-state index contributed by atoms with van der Waals surface area (Å²) in [4.78, 5) is 33.6. The smallest absolute Gasteiger partial charge is 0.258 e. The van der Waals surface area contributed by atoms with Crippen LogP contribution < -0.4 is 15.5 Å². The van der Waals surface area contributed by atoms with Crippen LogP contribution in [0.4, 0.5) is 17.1 Å². The Bertz CT molecular complexity index is 866. The third-order valence-electron chi connectivity index (χ3n) is 4.98. The van der Waals surface area contributed by atoms with E-state index in [2.05, 4.69) is 11.9 Å². The van der Waals surface area contributed by atoms with Crippen LogP contribution in [0.5, 0.6) is 0 Å². The highest BCUT2D eigenvalue weighted by molar-refractivity contribution is 6.23. The first-order valence-electron chi connectivity index (χ1n) is 10.2. The van der Waals surface area contributed by atoms with E-state index in [0.29, 0.717) is 17.1 Å². The second-order valence-corrected chi connectivity index (χ2v) is 7.07. The fraction of sp³-hybridized carbons (Fsp3) is 0.348. The molecule has 0 saturated heterocycles. The third-order valence-corrected chi connectivity index (χ3v) is 4.98. The van der Waals surface area contributed by atoms with Crippen molar-refractivity contribution in [3.8, 4) is 0 Å². The number of benzene rings is 2. The zero-order valence-electron chi connectivity index (χ0n) is 16.8. The number of rotatable bonds is 8. The third kappa shape index (κ3) is 4.71. The molecule has 1 aliphatic heterocycles. The molecule has 1 aliphatic rings. The van der Waals surface area contributed by atoms with Gasteiger partial charge in [0.05, 0.1) is 17.9 Å². The second-order valence-electron chi connectivity index (χ2n) is 7.07. The molecule has 2 amide bonds. The van der Waals surface area contributed by atoms with Gasteiger partial charge in [-0.3, -0.25) is 19.5 Å². The van der Waals surface area contributed by atoms with Gasteiger partial charge in [0, 0.05) is 18.4 Å². The Hall–Kier alpha value is -2.99. The molecule has 152 valence electrons. The highest BCUT2D eigenvalue weighted by Crippen LogP contribution is 2.37. The van der Waals surface area contributed by atoms with E-state index in [-0.39, 0.29) is 6.54 Å². The van der Waals surface area contributed by atoms with Gasteiger partial charge in [-0.1, -0.05) is 56.5 Å². The Labute approximate surface area is 172 Å². The zero-order chi connectivity index (χ0) is 20.6. The SMILES string of the molecule is CCCCCCN=CCN1C(=O)C(N)C(=O)N(c2ccccc2)c2ccccc21. The standard InChI is InChI=1S/C23H28N4O2/c1-2-3-4-10-15-25-16-17-26-19-13-8-9-14-20(19)27(18-11-6-5-7-12-18)23(29)21(24)22(26)28/h5-9,11-14,16,21H,2-4,10,15,17,24H2,1H3. The van der Waals surface area contributed by atoms with Crippen molar-refractivity contribution in [3.05, 3.63) is 54.6 Å². The van der Waals surface area contributed by atoms with Gasteiger partial charge in [-0.2, -0.15) is 0 Å². The molecule has 1 unspecified atom stereocenters. The van der Waals surface area contributed by atoms with Gasteiger partial charge >= 0.3 is 0 Å². The first kappa shape index (κ1) is 20.7. The molecular weight excluding hydrogens is 364 g/mol. The quantitative estimate of drug-likeness (QED) is 0.423. The molecule has 0 fully saturated rings. The molecule has 2 aromatic rings. The van der Waals surface area contributed by atoms with E-state index < -0.39 is 17.9 Å². The molecule has 0 bridgehead atoms. The Morgan fingerprint density at radius 1 is 0.931 bits per heavy atom. The van der Waals surface area contributed by atoms with Gasteiger partial charge in [0.15, 0.2) is 6.04 Å². The molecule has 1 atom stereocenters. The van der Waals surface area contributed by atoms with E-state index in [1.165, 1.54) is 17.7 Å². The van der Waals surface area contributed by atoms with Gasteiger partial charge in [0.25, 0.3) is 11.8 Å². The summed E-state index contributed by atoms with van der Waals surface area (Å²) >= 11 is 0. The maximum atomic E-state index is 13.1. The Morgan fingerprint density at radius 3 is 2.34 bits per heavy atom. The number of fused-ring (bicyclic) bond motifs is 1. The normalized spacial score (nSPS) is 17.0. The lowest BCUT2D eigenvalue weighted by molar-refractivity contribution is -0.127. The zero-order valence-corrected chi connectivity index (χ0v) is 16.8. The summed E-state index contributed by atoms with van der Waals surface area (Å²) in [6.45, 7) is 3.20. The average molecular weight is 393 g/mol. The van der Waals surface area contributed by atoms with Crippen molar-refractivity contribution in [3.63, 3.8) is 0 Å². The van der Waals surface area contributed by atoms with Crippen LogP contribution in [0.3, 0.4) is 0 Å². The van der Waals surface area contributed by atoms with E-state index in [1.54, 1.807) is 11.1 Å². The monoisotopic (exact) mass is 392 g/mol. The van der Waals surface area contributed by atoms with Crippen molar-refractivity contribution in [2.45, 2.75) is 38.6 Å². The van der Waals surface area contributed by atoms with Gasteiger partial charge in [-0.25, -0.2) is 0 Å². The van der Waals surface area contributed by atoms with Crippen molar-refractivity contribution in [2.24, 2.45) is 10.7 Å². The summed E-state index contributed by atoms with van der Waals surface area (Å²) in [7, 11) is 0. The number of nitrogens with zero attached hydrogens (tertiary/aromatic N) is 3. The summed E-state index contributed by atoms with van der Waals surface area (Å²) in [6, 6.07) is 15.4. The van der Waals surface area contributed by atoms with Crippen LogP contribution >= 0.6 is 0 Å². The fourth-order valence-corrected chi connectivity index (χ4v) is 3.42. The second kappa shape index (κ2) is 9.98. The van der Waals surface area contributed by atoms with Crippen LogP contribution in [-0.4, -0.2) is 37.2 Å². The Kier molecular flexibility index (Phi) is 7.14. The molecule has 6 nitrogen and oxygen atoms in total. The van der Waals surface area contributed by atoms with Crippen molar-refractivity contribution in [2.75, 3.05) is 22.9 Å². The van der Waals surface area contributed by atoms with E-state index in [4.69, 9.17) is 5.73 Å². The first-order chi connectivity index (χ1) is 14.1. The van der Waals surface area contributed by atoms with Crippen LogP contribution in [0, 0.1) is 0 Å². The van der Waals surface area contributed by atoms with Crippen molar-refractivity contribution in [1.29, 1.82) is 0 Å². The van der Waals surface area contributed by atoms with Gasteiger partial charge in [-0.15, -0.1) is 0 Å². The molecule has 29 heavy (non-hydrogen) atoms. The molecule has 2 N–H and O–H groups in total. The molecule has 0 aliphatic carbocycles. The fourth-order valence-electron chi connectivity index (χ4n) is 3.42. The lowest BCUT2D eigenvalue weighted by atomic mass is 10.2. The number of carbonyl (C=O) groups excluding carboxylic acids is 2. The summed E-state index contributed by atoms with van der Waals surface area (Å²) < 4.78 is 0. The maximum Gasteiger partial charge on any atom is 0.258 e. The minimum absolute atomic E-state index is 0.285. The molecule has 6 heteroatoms. The average Bonchev–Trinajstić information content (AvgIpc) is 2.83. The summed E-state index contributed by atoms with van der Waals surface area (Å²) in [5.41, 5.74) is 8.05. The number of aliphatic imine (C=N–C) groups is 1. The summed E-state index contributed by atoms with van der Waals surface area (Å²) in [5.74, 6) is -0.856. The minimum atomic E-state index is -1.26. The molecular formula is C23H28N4O2. The van der Waals surface area contributed by atoms with Crippen LogP contribution in [0.2, 0.25) is 0 Å². The number of amides is 2. The number of hydrogen-bond donors (Lipinski definition) is 1. The van der Waals surface area contributed by atoms with Gasteiger partial charge in [0.2, 0.25) is 0 Å². The lowest BCUT2D eigenvalue weighted by Gasteiger charge is -2.24. The van der Waals surface area contributed by atoms with Crippen LogP contribution in [0.15, 0.2) is 59.6 Å². The number of hydrogen-bond acceptors (Lipinski definition) is 4. The molecule has 1 heterocycles. The molecule has 3 rings (SSSR count). The predicted octanol–water partition coefficient (Wildman–Crippen LogP) is 3.68. The minimum Gasteiger partial charge on any atom is -0.312 e. The molecule has 0 saturated carbocycles.